The van der Waals surface area contributed by atoms with Gasteiger partial charge in [-0.3, -0.25) is 0 Å². The van der Waals surface area contributed by atoms with Crippen molar-refractivity contribution in [2.75, 3.05) is 0 Å². The summed E-state index contributed by atoms with van der Waals surface area (Å²) >= 11 is 3.28. The third kappa shape index (κ3) is 2.22. The smallest absolute Gasteiger partial charge is 0.223 e. The van der Waals surface area contributed by atoms with Gasteiger partial charge >= 0.3 is 0 Å². The van der Waals surface area contributed by atoms with Crippen LogP contribution in [0.4, 0.5) is 4.39 Å². The van der Waals surface area contributed by atoms with Gasteiger partial charge in [-0.25, -0.2) is 4.98 Å². The Kier molecular flexibility index (Phi) is 2.61. The van der Waals surface area contributed by atoms with Gasteiger partial charge in [-0.05, 0) is 46.3 Å². The molecule has 0 aliphatic heterocycles. The van der Waals surface area contributed by atoms with Gasteiger partial charge in [0.2, 0.25) is 5.95 Å². The zero-order valence-electron chi connectivity index (χ0n) is 9.27. The van der Waals surface area contributed by atoms with Crippen LogP contribution < -0.4 is 0 Å². The Bertz CT molecular complexity index is 391. The molecule has 0 bridgehead atoms. The highest BCUT2D eigenvalue weighted by atomic mass is 79.9. The molecule has 0 aromatic carbocycles. The molecule has 1 nitrogen and oxygen atoms in total. The van der Waals surface area contributed by atoms with Crippen LogP contribution >= 0.6 is 15.9 Å². The van der Waals surface area contributed by atoms with Crippen molar-refractivity contribution in [2.24, 2.45) is 0 Å². The van der Waals surface area contributed by atoms with Gasteiger partial charge in [-0.1, -0.05) is 20.8 Å². The highest BCUT2D eigenvalue weighted by molar-refractivity contribution is 9.10. The second-order valence-corrected chi connectivity index (χ2v) is 6.02. The molecule has 0 atom stereocenters. The zero-order chi connectivity index (χ0) is 11.2. The lowest BCUT2D eigenvalue weighted by molar-refractivity contribution is 0.516. The zero-order valence-corrected chi connectivity index (χ0v) is 10.9. The quantitative estimate of drug-likeness (QED) is 0.699. The van der Waals surface area contributed by atoms with E-state index in [1.54, 1.807) is 0 Å². The molecule has 3 heteroatoms. The predicted molar refractivity (Wildman–Crippen MR) is 62.6 cm³/mol. The van der Waals surface area contributed by atoms with Crippen molar-refractivity contribution in [3.63, 3.8) is 0 Å². The van der Waals surface area contributed by atoms with E-state index in [2.05, 4.69) is 41.7 Å². The van der Waals surface area contributed by atoms with Gasteiger partial charge in [0.05, 0.1) is 4.47 Å². The number of halogens is 2. The molecule has 82 valence electrons. The Morgan fingerprint density at radius 3 is 2.47 bits per heavy atom. The lowest BCUT2D eigenvalue weighted by Crippen LogP contribution is -2.15. The van der Waals surface area contributed by atoms with Crippen molar-refractivity contribution in [1.29, 1.82) is 0 Å². The molecule has 1 saturated carbocycles. The van der Waals surface area contributed by atoms with Crippen LogP contribution in [0.2, 0.25) is 0 Å². The molecular weight excluding hydrogens is 257 g/mol. The molecule has 1 aromatic heterocycles. The van der Waals surface area contributed by atoms with Crippen LogP contribution in [0.5, 0.6) is 0 Å². The Labute approximate surface area is 98.2 Å². The highest BCUT2D eigenvalue weighted by Crippen LogP contribution is 2.44. The van der Waals surface area contributed by atoms with Gasteiger partial charge in [-0.2, -0.15) is 4.39 Å². The van der Waals surface area contributed by atoms with Gasteiger partial charge in [0.25, 0.3) is 0 Å². The molecule has 15 heavy (non-hydrogen) atoms. The van der Waals surface area contributed by atoms with Crippen LogP contribution in [-0.4, -0.2) is 4.98 Å². The molecule has 1 aliphatic carbocycles. The maximum atomic E-state index is 13.6. The van der Waals surface area contributed by atoms with E-state index in [1.807, 2.05) is 6.07 Å². The lowest BCUT2D eigenvalue weighted by atomic mass is 9.90. The SMILES string of the molecule is CC(C)(C)c1cc(C2CC2)c(Br)c(F)n1. The summed E-state index contributed by atoms with van der Waals surface area (Å²) in [6, 6.07) is 2.05. The molecule has 0 amide bonds. The first-order chi connectivity index (χ1) is 6.89. The topological polar surface area (TPSA) is 12.9 Å². The van der Waals surface area contributed by atoms with Gasteiger partial charge in [0, 0.05) is 11.1 Å². The summed E-state index contributed by atoms with van der Waals surface area (Å²) in [6.45, 7) is 6.16. The van der Waals surface area contributed by atoms with Crippen molar-refractivity contribution >= 4 is 15.9 Å². The number of hydrogen-bond donors (Lipinski definition) is 0. The van der Waals surface area contributed by atoms with Gasteiger partial charge in [0.15, 0.2) is 0 Å². The second-order valence-electron chi connectivity index (χ2n) is 5.23. The van der Waals surface area contributed by atoms with Gasteiger partial charge in [0.1, 0.15) is 0 Å². The summed E-state index contributed by atoms with van der Waals surface area (Å²) in [5, 5.41) is 0. The molecule has 0 radical (unpaired) electrons. The van der Waals surface area contributed by atoms with Crippen LogP contribution in [-0.2, 0) is 5.41 Å². The van der Waals surface area contributed by atoms with Crippen molar-refractivity contribution in [2.45, 2.75) is 44.9 Å². The maximum Gasteiger partial charge on any atom is 0.227 e. The third-order valence-electron chi connectivity index (χ3n) is 2.73. The van der Waals surface area contributed by atoms with Crippen LogP contribution in [0, 0.1) is 5.95 Å². The first-order valence-electron chi connectivity index (χ1n) is 5.26. The molecule has 2 rings (SSSR count). The Hall–Kier alpha value is -0.440. The molecule has 0 saturated heterocycles. The minimum absolute atomic E-state index is 0.0921. The fraction of sp³-hybridized carbons (Fsp3) is 0.583. The first-order valence-corrected chi connectivity index (χ1v) is 6.05. The first kappa shape index (κ1) is 11.1. The number of pyridine rings is 1. The summed E-state index contributed by atoms with van der Waals surface area (Å²) in [7, 11) is 0. The monoisotopic (exact) mass is 271 g/mol. The molecule has 1 heterocycles. The highest BCUT2D eigenvalue weighted by Gasteiger charge is 2.29. The van der Waals surface area contributed by atoms with Gasteiger partial charge in [-0.15, -0.1) is 0 Å². The van der Waals surface area contributed by atoms with Crippen LogP contribution in [0.15, 0.2) is 10.5 Å². The molecule has 0 N–H and O–H groups in total. The van der Waals surface area contributed by atoms with Gasteiger partial charge < -0.3 is 0 Å². The Morgan fingerprint density at radius 1 is 1.40 bits per heavy atom. The van der Waals surface area contributed by atoms with Crippen LogP contribution in [0.1, 0.15) is 50.8 Å². The molecule has 1 aromatic rings. The summed E-state index contributed by atoms with van der Waals surface area (Å²) < 4.78 is 14.2. The van der Waals surface area contributed by atoms with E-state index < -0.39 is 0 Å². The predicted octanol–water partition coefficient (Wildman–Crippen LogP) is 4.16. The summed E-state index contributed by atoms with van der Waals surface area (Å²) in [5.41, 5.74) is 1.84. The van der Waals surface area contributed by atoms with Crippen molar-refractivity contribution in [3.05, 3.63) is 27.7 Å². The summed E-state index contributed by atoms with van der Waals surface area (Å²) in [5.74, 6) is 0.169. The fourth-order valence-corrected chi connectivity index (χ4v) is 2.12. The minimum atomic E-state index is -0.371. The van der Waals surface area contributed by atoms with Crippen LogP contribution in [0.3, 0.4) is 0 Å². The number of hydrogen-bond acceptors (Lipinski definition) is 1. The maximum absolute atomic E-state index is 13.6. The lowest BCUT2D eigenvalue weighted by Gasteiger charge is -2.19. The number of aromatic nitrogens is 1. The molecule has 1 aliphatic rings. The van der Waals surface area contributed by atoms with E-state index in [1.165, 1.54) is 12.8 Å². The minimum Gasteiger partial charge on any atom is -0.223 e. The average Bonchev–Trinajstić information content (AvgIpc) is 2.90. The third-order valence-corrected chi connectivity index (χ3v) is 3.52. The molecule has 0 spiro atoms. The van der Waals surface area contributed by atoms with E-state index in [-0.39, 0.29) is 11.4 Å². The average molecular weight is 272 g/mol. The Morgan fingerprint density at radius 2 is 2.00 bits per heavy atom. The summed E-state index contributed by atoms with van der Waals surface area (Å²) in [4.78, 5) is 4.00. The molecule has 1 fully saturated rings. The molecule has 0 unspecified atom stereocenters. The van der Waals surface area contributed by atoms with E-state index in [0.717, 1.165) is 11.3 Å². The normalized spacial score (nSPS) is 16.9. The standard InChI is InChI=1S/C12H15BrFN/c1-12(2,3)9-6-8(7-4-5-7)10(13)11(14)15-9/h6-7H,4-5H2,1-3H3. The fourth-order valence-electron chi connectivity index (χ4n) is 1.59. The van der Waals surface area contributed by atoms with Crippen LogP contribution in [0.25, 0.3) is 0 Å². The summed E-state index contributed by atoms with van der Waals surface area (Å²) in [6.07, 6.45) is 2.34. The van der Waals surface area contributed by atoms with Crippen molar-refractivity contribution in [3.8, 4) is 0 Å². The van der Waals surface area contributed by atoms with Crippen molar-refractivity contribution < 1.29 is 4.39 Å². The molecular formula is C12H15BrFN. The van der Waals surface area contributed by atoms with E-state index in [0.29, 0.717) is 10.4 Å². The second kappa shape index (κ2) is 3.55. The van der Waals surface area contributed by atoms with E-state index in [4.69, 9.17) is 0 Å². The number of nitrogens with zero attached hydrogens (tertiary/aromatic N) is 1. The Balaban J connectivity index is 2.51. The largest absolute Gasteiger partial charge is 0.227 e. The van der Waals surface area contributed by atoms with E-state index >= 15 is 0 Å². The van der Waals surface area contributed by atoms with E-state index in [9.17, 15) is 4.39 Å². The van der Waals surface area contributed by atoms with Crippen molar-refractivity contribution in [1.82, 2.24) is 4.98 Å². The number of rotatable bonds is 1.